The van der Waals surface area contributed by atoms with E-state index in [2.05, 4.69) is 22.8 Å². The molecule has 90 valence electrons. The van der Waals surface area contributed by atoms with E-state index < -0.39 is 10.0 Å². The van der Waals surface area contributed by atoms with E-state index in [9.17, 15) is 8.42 Å². The van der Waals surface area contributed by atoms with E-state index in [1.54, 1.807) is 6.07 Å². The van der Waals surface area contributed by atoms with Crippen LogP contribution >= 0.6 is 0 Å². The van der Waals surface area contributed by atoms with Crippen molar-refractivity contribution >= 4 is 15.8 Å². The van der Waals surface area contributed by atoms with Crippen molar-refractivity contribution in [3.05, 3.63) is 18.3 Å². The Hall–Kier alpha value is -1.18. The fraction of sp³-hybridized carbons (Fsp3) is 0.444. The number of hydrazine groups is 1. The first-order valence-corrected chi connectivity index (χ1v) is 6.56. The minimum Gasteiger partial charge on any atom is -0.306 e. The lowest BCUT2D eigenvalue weighted by atomic mass is 10.3. The summed E-state index contributed by atoms with van der Waals surface area (Å²) in [6.07, 6.45) is 3.38. The summed E-state index contributed by atoms with van der Waals surface area (Å²) in [6, 6.07) is 2.96. The van der Waals surface area contributed by atoms with Crippen molar-refractivity contribution in [3.63, 3.8) is 0 Å². The highest BCUT2D eigenvalue weighted by atomic mass is 32.2. The summed E-state index contributed by atoms with van der Waals surface area (Å²) in [4.78, 5) is 3.92. The van der Waals surface area contributed by atoms with Gasteiger partial charge in [-0.15, -0.1) is 0 Å². The van der Waals surface area contributed by atoms with Gasteiger partial charge in [0, 0.05) is 12.7 Å². The lowest BCUT2D eigenvalue weighted by Crippen LogP contribution is -2.23. The molecule has 0 fully saturated rings. The Morgan fingerprint density at radius 1 is 1.44 bits per heavy atom. The van der Waals surface area contributed by atoms with Crippen LogP contribution in [0.25, 0.3) is 0 Å². The highest BCUT2D eigenvalue weighted by molar-refractivity contribution is 7.89. The van der Waals surface area contributed by atoms with Crippen LogP contribution < -0.4 is 16.0 Å². The fourth-order valence-corrected chi connectivity index (χ4v) is 1.50. The Kier molecular flexibility index (Phi) is 4.66. The van der Waals surface area contributed by atoms with E-state index in [4.69, 9.17) is 5.14 Å². The number of hydrogen-bond donors (Lipinski definition) is 3. The van der Waals surface area contributed by atoms with Gasteiger partial charge in [0.05, 0.1) is 0 Å². The summed E-state index contributed by atoms with van der Waals surface area (Å²) >= 11 is 0. The van der Waals surface area contributed by atoms with Crippen molar-refractivity contribution in [1.82, 2.24) is 10.4 Å². The van der Waals surface area contributed by atoms with Crippen molar-refractivity contribution in [2.24, 2.45) is 5.14 Å². The zero-order valence-electron chi connectivity index (χ0n) is 9.10. The van der Waals surface area contributed by atoms with Crippen molar-refractivity contribution in [2.45, 2.75) is 24.7 Å². The van der Waals surface area contributed by atoms with E-state index in [-0.39, 0.29) is 4.90 Å². The Labute approximate surface area is 95.3 Å². The molecule has 0 saturated heterocycles. The first-order valence-electron chi connectivity index (χ1n) is 5.01. The van der Waals surface area contributed by atoms with E-state index in [1.165, 1.54) is 12.3 Å². The second-order valence-corrected chi connectivity index (χ2v) is 4.89. The third-order valence-corrected chi connectivity index (χ3v) is 2.84. The van der Waals surface area contributed by atoms with Crippen LogP contribution in [0.5, 0.6) is 0 Å². The number of unbranched alkanes of at least 4 members (excludes halogenated alkanes) is 1. The number of sulfonamides is 1. The smallest absolute Gasteiger partial charge is 0.239 e. The Balaban J connectivity index is 2.52. The van der Waals surface area contributed by atoms with Gasteiger partial charge in [0.1, 0.15) is 10.7 Å². The van der Waals surface area contributed by atoms with Crippen LogP contribution in [0.2, 0.25) is 0 Å². The van der Waals surface area contributed by atoms with E-state index in [0.717, 1.165) is 19.4 Å². The molecular weight excluding hydrogens is 228 g/mol. The summed E-state index contributed by atoms with van der Waals surface area (Å²) < 4.78 is 21.9. The highest BCUT2D eigenvalue weighted by Crippen LogP contribution is 2.07. The van der Waals surface area contributed by atoms with Crippen molar-refractivity contribution in [2.75, 3.05) is 12.0 Å². The maximum Gasteiger partial charge on any atom is 0.239 e. The second-order valence-electron chi connectivity index (χ2n) is 3.33. The molecular formula is C9H16N4O2S. The van der Waals surface area contributed by atoms with Crippen molar-refractivity contribution < 1.29 is 8.42 Å². The average Bonchev–Trinajstić information content (AvgIpc) is 2.24. The summed E-state index contributed by atoms with van der Waals surface area (Å²) in [6.45, 7) is 2.93. The van der Waals surface area contributed by atoms with Crippen LogP contribution in [0.4, 0.5) is 5.82 Å². The SMILES string of the molecule is CCCCNNc1ccc(S(N)(=O)=O)cn1. The van der Waals surface area contributed by atoms with Crippen LogP contribution in [0.15, 0.2) is 23.2 Å². The van der Waals surface area contributed by atoms with Crippen molar-refractivity contribution in [3.8, 4) is 0 Å². The van der Waals surface area contributed by atoms with Crippen LogP contribution in [-0.2, 0) is 10.0 Å². The maximum absolute atomic E-state index is 10.9. The number of nitrogens with two attached hydrogens (primary N) is 1. The van der Waals surface area contributed by atoms with Gasteiger partial charge in [0.2, 0.25) is 10.0 Å². The van der Waals surface area contributed by atoms with Gasteiger partial charge < -0.3 is 5.43 Å². The van der Waals surface area contributed by atoms with Gasteiger partial charge in [-0.2, -0.15) is 0 Å². The third kappa shape index (κ3) is 4.13. The Morgan fingerprint density at radius 3 is 2.69 bits per heavy atom. The van der Waals surface area contributed by atoms with Crippen LogP contribution in [0.1, 0.15) is 19.8 Å². The molecule has 4 N–H and O–H groups in total. The number of nitrogens with one attached hydrogen (secondary N) is 2. The van der Waals surface area contributed by atoms with Crippen LogP contribution in [0, 0.1) is 0 Å². The van der Waals surface area contributed by atoms with Crippen molar-refractivity contribution in [1.29, 1.82) is 0 Å². The number of aromatic nitrogens is 1. The largest absolute Gasteiger partial charge is 0.306 e. The predicted octanol–water partition coefficient (Wildman–Crippen LogP) is 0.446. The maximum atomic E-state index is 10.9. The normalized spacial score (nSPS) is 11.4. The quantitative estimate of drug-likeness (QED) is 0.498. The molecule has 0 aliphatic heterocycles. The molecule has 6 nitrogen and oxygen atoms in total. The lowest BCUT2D eigenvalue weighted by molar-refractivity contribution is 0.597. The molecule has 0 aromatic carbocycles. The van der Waals surface area contributed by atoms with Crippen LogP contribution in [-0.4, -0.2) is 19.9 Å². The molecule has 0 radical (unpaired) electrons. The Bertz CT molecular complexity index is 416. The molecule has 7 heteroatoms. The molecule has 16 heavy (non-hydrogen) atoms. The minimum atomic E-state index is -3.66. The molecule has 0 bridgehead atoms. The molecule has 1 rings (SSSR count). The summed E-state index contributed by atoms with van der Waals surface area (Å²) in [5, 5.41) is 4.94. The van der Waals surface area contributed by atoms with Gasteiger partial charge in [0.25, 0.3) is 0 Å². The molecule has 0 aliphatic rings. The molecule has 0 aliphatic carbocycles. The standard InChI is InChI=1S/C9H16N4O2S/c1-2-3-6-12-13-9-5-4-8(7-11-9)16(10,14)15/h4-5,7,12H,2-3,6H2,1H3,(H,11,13)(H2,10,14,15). The van der Waals surface area contributed by atoms with Gasteiger partial charge in [-0.05, 0) is 18.6 Å². The van der Waals surface area contributed by atoms with Gasteiger partial charge in [-0.1, -0.05) is 13.3 Å². The molecule has 0 atom stereocenters. The number of hydrogen-bond acceptors (Lipinski definition) is 5. The number of rotatable bonds is 6. The second kappa shape index (κ2) is 5.78. The highest BCUT2D eigenvalue weighted by Gasteiger charge is 2.07. The van der Waals surface area contributed by atoms with E-state index >= 15 is 0 Å². The lowest BCUT2D eigenvalue weighted by Gasteiger charge is -2.06. The summed E-state index contributed by atoms with van der Waals surface area (Å²) in [5.74, 6) is 0.559. The summed E-state index contributed by atoms with van der Waals surface area (Å²) in [5.41, 5.74) is 5.83. The minimum absolute atomic E-state index is 0.00612. The number of primary sulfonamides is 1. The third-order valence-electron chi connectivity index (χ3n) is 1.94. The Morgan fingerprint density at radius 2 is 2.19 bits per heavy atom. The molecule has 0 unspecified atom stereocenters. The molecule has 1 aromatic heterocycles. The molecule has 1 heterocycles. The molecule has 1 aromatic rings. The molecule has 0 amide bonds. The summed E-state index contributed by atoms with van der Waals surface area (Å²) in [7, 11) is -3.66. The first-order chi connectivity index (χ1) is 7.54. The van der Waals surface area contributed by atoms with E-state index in [1.807, 2.05) is 0 Å². The zero-order valence-corrected chi connectivity index (χ0v) is 9.92. The van der Waals surface area contributed by atoms with Gasteiger partial charge in [-0.3, -0.25) is 0 Å². The van der Waals surface area contributed by atoms with Gasteiger partial charge in [0.15, 0.2) is 0 Å². The predicted molar refractivity (Wildman–Crippen MR) is 62.1 cm³/mol. The van der Waals surface area contributed by atoms with Gasteiger partial charge >= 0.3 is 0 Å². The van der Waals surface area contributed by atoms with E-state index in [0.29, 0.717) is 5.82 Å². The molecule has 0 spiro atoms. The fourth-order valence-electron chi connectivity index (χ4n) is 1.04. The average molecular weight is 244 g/mol. The number of pyridine rings is 1. The monoisotopic (exact) mass is 244 g/mol. The number of anilines is 1. The zero-order chi connectivity index (χ0) is 12.0. The molecule has 0 saturated carbocycles. The van der Waals surface area contributed by atoms with Crippen LogP contribution in [0.3, 0.4) is 0 Å². The number of nitrogens with zero attached hydrogens (tertiary/aromatic N) is 1. The van der Waals surface area contributed by atoms with Gasteiger partial charge in [-0.25, -0.2) is 24.0 Å². The first kappa shape index (κ1) is 12.9. The topological polar surface area (TPSA) is 97.1 Å².